The fourth-order valence-electron chi connectivity index (χ4n) is 5.88. The van der Waals surface area contributed by atoms with Crippen molar-refractivity contribution in [3.63, 3.8) is 0 Å². The standard InChI is InChI=1S/C27H36N4O2/c1-33-26-23-14-12-21(13-15-24(23)28-25(29-26)20-8-4-2-5-9-20)27(32)31-18-16-30(17-19-31)22-10-6-3-7-11-22/h2,4-5,8-9,21-22H,3,6-7,10-19H2,1H3. The second-order valence-corrected chi connectivity index (χ2v) is 9.78. The lowest BCUT2D eigenvalue weighted by Gasteiger charge is -2.41. The summed E-state index contributed by atoms with van der Waals surface area (Å²) in [5.41, 5.74) is 3.11. The van der Waals surface area contributed by atoms with Gasteiger partial charge in [-0.25, -0.2) is 4.98 Å². The van der Waals surface area contributed by atoms with E-state index in [2.05, 4.69) is 9.80 Å². The van der Waals surface area contributed by atoms with Crippen LogP contribution < -0.4 is 4.74 Å². The fourth-order valence-corrected chi connectivity index (χ4v) is 5.88. The SMILES string of the molecule is COc1nc(-c2ccccc2)nc2c1CCC(C(=O)N1CCN(C3CCCCC3)CC1)CC2. The number of hydrogen-bond acceptors (Lipinski definition) is 5. The van der Waals surface area contributed by atoms with Crippen molar-refractivity contribution < 1.29 is 9.53 Å². The average molecular weight is 449 g/mol. The van der Waals surface area contributed by atoms with Crippen LogP contribution in [0, 0.1) is 5.92 Å². The number of hydrogen-bond donors (Lipinski definition) is 0. The minimum atomic E-state index is 0.0605. The number of rotatable bonds is 4. The van der Waals surface area contributed by atoms with E-state index in [0.29, 0.717) is 17.6 Å². The van der Waals surface area contributed by atoms with E-state index in [1.54, 1.807) is 7.11 Å². The van der Waals surface area contributed by atoms with E-state index >= 15 is 0 Å². The Morgan fingerprint density at radius 1 is 0.909 bits per heavy atom. The van der Waals surface area contributed by atoms with E-state index < -0.39 is 0 Å². The summed E-state index contributed by atoms with van der Waals surface area (Å²) in [6.45, 7) is 3.81. The Balaban J connectivity index is 1.24. The van der Waals surface area contributed by atoms with Crippen molar-refractivity contribution in [2.75, 3.05) is 33.3 Å². The minimum Gasteiger partial charge on any atom is -0.481 e. The first-order valence-corrected chi connectivity index (χ1v) is 12.7. The van der Waals surface area contributed by atoms with Crippen LogP contribution in [0.2, 0.25) is 0 Å². The Kier molecular flexibility index (Phi) is 6.91. The lowest BCUT2D eigenvalue weighted by atomic mass is 9.93. The summed E-state index contributed by atoms with van der Waals surface area (Å²) in [6.07, 6.45) is 10.1. The second kappa shape index (κ2) is 10.2. The smallest absolute Gasteiger partial charge is 0.225 e. The minimum absolute atomic E-state index is 0.0605. The highest BCUT2D eigenvalue weighted by atomic mass is 16.5. The molecule has 0 spiro atoms. The molecule has 6 nitrogen and oxygen atoms in total. The first-order chi connectivity index (χ1) is 16.2. The summed E-state index contributed by atoms with van der Waals surface area (Å²) in [4.78, 5) is 27.8. The summed E-state index contributed by atoms with van der Waals surface area (Å²) in [5.74, 6) is 1.76. The van der Waals surface area contributed by atoms with Crippen LogP contribution in [0.5, 0.6) is 5.88 Å². The molecule has 1 aromatic heterocycles. The quantitative estimate of drug-likeness (QED) is 0.659. The summed E-state index contributed by atoms with van der Waals surface area (Å²) in [5, 5.41) is 0. The van der Waals surface area contributed by atoms with Crippen molar-refractivity contribution in [2.24, 2.45) is 5.92 Å². The van der Waals surface area contributed by atoms with Crippen LogP contribution in [0.15, 0.2) is 30.3 Å². The summed E-state index contributed by atoms with van der Waals surface area (Å²) < 4.78 is 5.66. The number of carbonyl (C=O) groups excluding carboxylic acids is 1. The highest BCUT2D eigenvalue weighted by Gasteiger charge is 2.32. The first-order valence-electron chi connectivity index (χ1n) is 12.7. The summed E-state index contributed by atoms with van der Waals surface area (Å²) >= 11 is 0. The number of piperazine rings is 1. The van der Waals surface area contributed by atoms with Crippen LogP contribution in [0.4, 0.5) is 0 Å². The molecule has 176 valence electrons. The van der Waals surface area contributed by atoms with Crippen molar-refractivity contribution in [1.82, 2.24) is 19.8 Å². The van der Waals surface area contributed by atoms with Crippen LogP contribution >= 0.6 is 0 Å². The Hall–Kier alpha value is -2.47. The Morgan fingerprint density at radius 3 is 2.36 bits per heavy atom. The largest absolute Gasteiger partial charge is 0.481 e. The van der Waals surface area contributed by atoms with Gasteiger partial charge in [0.1, 0.15) is 0 Å². The lowest BCUT2D eigenvalue weighted by Crippen LogP contribution is -2.53. The number of aromatic nitrogens is 2. The highest BCUT2D eigenvalue weighted by molar-refractivity contribution is 5.79. The van der Waals surface area contributed by atoms with Gasteiger partial charge in [-0.1, -0.05) is 49.6 Å². The zero-order chi connectivity index (χ0) is 22.6. The van der Waals surface area contributed by atoms with Gasteiger partial charge in [0.2, 0.25) is 11.8 Å². The zero-order valence-electron chi connectivity index (χ0n) is 19.8. The Bertz CT molecular complexity index is 950. The van der Waals surface area contributed by atoms with Crippen molar-refractivity contribution in [3.05, 3.63) is 41.6 Å². The molecule has 1 unspecified atom stereocenters. The maximum absolute atomic E-state index is 13.4. The van der Waals surface area contributed by atoms with E-state index in [9.17, 15) is 4.79 Å². The first kappa shape index (κ1) is 22.3. The van der Waals surface area contributed by atoms with Gasteiger partial charge in [0.25, 0.3) is 0 Å². The van der Waals surface area contributed by atoms with Crippen molar-refractivity contribution >= 4 is 5.91 Å². The zero-order valence-corrected chi connectivity index (χ0v) is 19.8. The van der Waals surface area contributed by atoms with Crippen LogP contribution in [-0.2, 0) is 17.6 Å². The van der Waals surface area contributed by atoms with Gasteiger partial charge in [0.15, 0.2) is 5.82 Å². The molecule has 6 heteroatoms. The Labute approximate surface area is 197 Å². The molecule has 0 bridgehead atoms. The van der Waals surface area contributed by atoms with Gasteiger partial charge in [0, 0.05) is 49.3 Å². The number of ether oxygens (including phenoxy) is 1. The van der Waals surface area contributed by atoms with Crippen LogP contribution in [0.25, 0.3) is 11.4 Å². The predicted octanol–water partition coefficient (Wildman–Crippen LogP) is 4.12. The monoisotopic (exact) mass is 448 g/mol. The molecule has 1 atom stereocenters. The van der Waals surface area contributed by atoms with E-state index in [4.69, 9.17) is 14.7 Å². The van der Waals surface area contributed by atoms with Gasteiger partial charge in [0.05, 0.1) is 12.8 Å². The van der Waals surface area contributed by atoms with Crippen LogP contribution in [0.3, 0.4) is 0 Å². The van der Waals surface area contributed by atoms with Gasteiger partial charge < -0.3 is 9.64 Å². The number of aryl methyl sites for hydroxylation is 1. The third kappa shape index (κ3) is 4.91. The highest BCUT2D eigenvalue weighted by Crippen LogP contribution is 2.32. The molecule has 2 aromatic rings. The number of nitrogens with zero attached hydrogens (tertiary/aromatic N) is 4. The van der Waals surface area contributed by atoms with E-state index in [1.807, 2.05) is 30.3 Å². The molecule has 3 aliphatic rings. The van der Waals surface area contributed by atoms with E-state index in [0.717, 1.165) is 74.7 Å². The number of benzene rings is 1. The number of methoxy groups -OCH3 is 1. The lowest BCUT2D eigenvalue weighted by molar-refractivity contribution is -0.138. The van der Waals surface area contributed by atoms with Crippen LogP contribution in [-0.4, -0.2) is 65.0 Å². The Morgan fingerprint density at radius 2 is 1.64 bits per heavy atom. The molecule has 33 heavy (non-hydrogen) atoms. The average Bonchev–Trinajstić information content (AvgIpc) is 3.11. The fraction of sp³-hybridized carbons (Fsp3) is 0.593. The van der Waals surface area contributed by atoms with Crippen molar-refractivity contribution in [2.45, 2.75) is 63.8 Å². The predicted molar refractivity (Wildman–Crippen MR) is 129 cm³/mol. The van der Waals surface area contributed by atoms with Crippen molar-refractivity contribution in [1.29, 1.82) is 0 Å². The van der Waals surface area contributed by atoms with Gasteiger partial charge in [-0.15, -0.1) is 0 Å². The van der Waals surface area contributed by atoms with E-state index in [-0.39, 0.29) is 5.92 Å². The molecule has 1 saturated heterocycles. The maximum Gasteiger partial charge on any atom is 0.225 e. The molecule has 0 N–H and O–H groups in total. The number of carbonyl (C=O) groups is 1. The van der Waals surface area contributed by atoms with Gasteiger partial charge >= 0.3 is 0 Å². The molecule has 0 radical (unpaired) electrons. The van der Waals surface area contributed by atoms with Crippen LogP contribution in [0.1, 0.15) is 56.2 Å². The summed E-state index contributed by atoms with van der Waals surface area (Å²) in [6, 6.07) is 10.8. The molecule has 1 amide bonds. The maximum atomic E-state index is 13.4. The molecular weight excluding hydrogens is 412 g/mol. The molecule has 5 rings (SSSR count). The molecule has 2 aliphatic carbocycles. The number of amides is 1. The molecule has 1 aromatic carbocycles. The third-order valence-electron chi connectivity index (χ3n) is 7.82. The normalized spacial score (nSPS) is 22.5. The second-order valence-electron chi connectivity index (χ2n) is 9.78. The topological polar surface area (TPSA) is 58.6 Å². The molecule has 2 fully saturated rings. The van der Waals surface area contributed by atoms with Gasteiger partial charge in [-0.3, -0.25) is 9.69 Å². The summed E-state index contributed by atoms with van der Waals surface area (Å²) in [7, 11) is 1.68. The van der Waals surface area contributed by atoms with Gasteiger partial charge in [-0.05, 0) is 38.5 Å². The third-order valence-corrected chi connectivity index (χ3v) is 7.82. The van der Waals surface area contributed by atoms with Gasteiger partial charge in [-0.2, -0.15) is 4.98 Å². The molecule has 2 heterocycles. The molecular formula is C27H36N4O2. The molecule has 1 aliphatic heterocycles. The van der Waals surface area contributed by atoms with Crippen molar-refractivity contribution in [3.8, 4) is 17.3 Å². The molecule has 1 saturated carbocycles. The van der Waals surface area contributed by atoms with E-state index in [1.165, 1.54) is 32.1 Å². The number of fused-ring (bicyclic) bond motifs is 1.